The highest BCUT2D eigenvalue weighted by molar-refractivity contribution is 5.94. The van der Waals surface area contributed by atoms with Crippen molar-refractivity contribution in [2.45, 2.75) is 117 Å². The number of hydrogen-bond acceptors (Lipinski definition) is 7. The van der Waals surface area contributed by atoms with E-state index in [1.54, 1.807) is 4.90 Å². The molecule has 2 aromatic carbocycles. The van der Waals surface area contributed by atoms with Crippen LogP contribution in [0.25, 0.3) is 0 Å². The lowest BCUT2D eigenvalue weighted by atomic mass is 9.91. The highest BCUT2D eigenvalue weighted by atomic mass is 16.6. The molecule has 10 nitrogen and oxygen atoms in total. The molecule has 48 heavy (non-hydrogen) atoms. The van der Waals surface area contributed by atoms with Crippen molar-refractivity contribution in [2.75, 3.05) is 42.5 Å². The van der Waals surface area contributed by atoms with E-state index in [0.29, 0.717) is 25.4 Å². The molecule has 266 valence electrons. The minimum absolute atomic E-state index is 0.0325. The van der Waals surface area contributed by atoms with E-state index in [2.05, 4.69) is 23.6 Å². The Balaban J connectivity index is 0.000000269. The molecular weight excluding hydrogens is 606 g/mol. The third kappa shape index (κ3) is 13.6. The van der Waals surface area contributed by atoms with Crippen molar-refractivity contribution in [3.8, 4) is 0 Å². The van der Waals surface area contributed by atoms with Gasteiger partial charge in [-0.2, -0.15) is 0 Å². The molecule has 4 rings (SSSR count). The normalized spacial score (nSPS) is 18.2. The summed E-state index contributed by atoms with van der Waals surface area (Å²) in [7, 11) is 0. The van der Waals surface area contributed by atoms with Gasteiger partial charge < -0.3 is 35.6 Å². The van der Waals surface area contributed by atoms with Crippen LogP contribution in [0.1, 0.15) is 99.0 Å². The molecule has 10 heteroatoms. The molecule has 0 aliphatic carbocycles. The summed E-state index contributed by atoms with van der Waals surface area (Å²) < 4.78 is 11.0. The molecule has 2 aliphatic rings. The predicted octanol–water partition coefficient (Wildman–Crippen LogP) is 8.09. The Morgan fingerprint density at radius 3 is 1.98 bits per heavy atom. The summed E-state index contributed by atoms with van der Waals surface area (Å²) in [4.78, 5) is 40.2. The number of likely N-dealkylation sites (tertiary alicyclic amines) is 2. The van der Waals surface area contributed by atoms with Crippen molar-refractivity contribution < 1.29 is 23.9 Å². The van der Waals surface area contributed by atoms with E-state index in [1.807, 2.05) is 88.9 Å². The lowest BCUT2D eigenvalue weighted by Gasteiger charge is -2.35. The lowest BCUT2D eigenvalue weighted by molar-refractivity contribution is -0.116. The summed E-state index contributed by atoms with van der Waals surface area (Å²) in [5.41, 5.74) is 8.77. The van der Waals surface area contributed by atoms with Gasteiger partial charge in [-0.15, -0.1) is 0 Å². The SMILES string of the molecule is CC(C)(C)OC(=O)N1CCC[C@@H](Cc2ccccc2N)C1.CCCCC(=O)Nc1ccccc1NC1CCCN(C(=O)OC(C)(C)C)C1. The maximum Gasteiger partial charge on any atom is 0.410 e. The van der Waals surface area contributed by atoms with Gasteiger partial charge >= 0.3 is 12.2 Å². The van der Waals surface area contributed by atoms with Gasteiger partial charge in [0.05, 0.1) is 11.4 Å². The number of rotatable bonds is 8. The molecule has 3 amide bonds. The van der Waals surface area contributed by atoms with Gasteiger partial charge in [0.2, 0.25) is 5.91 Å². The highest BCUT2D eigenvalue weighted by Gasteiger charge is 2.29. The van der Waals surface area contributed by atoms with Crippen LogP contribution in [0.2, 0.25) is 0 Å². The first-order valence-electron chi connectivity index (χ1n) is 17.6. The molecule has 2 aliphatic heterocycles. The molecule has 2 atom stereocenters. The summed E-state index contributed by atoms with van der Waals surface area (Å²) in [6.07, 6.45) is 6.91. The zero-order valence-electron chi connectivity index (χ0n) is 30.3. The molecular formula is C38H59N5O5. The van der Waals surface area contributed by atoms with Crippen LogP contribution in [0.15, 0.2) is 48.5 Å². The first kappa shape index (κ1) is 38.5. The predicted molar refractivity (Wildman–Crippen MR) is 194 cm³/mol. The number of hydrogen-bond donors (Lipinski definition) is 3. The van der Waals surface area contributed by atoms with Crippen LogP contribution in [-0.4, -0.2) is 71.3 Å². The lowest BCUT2D eigenvalue weighted by Crippen LogP contribution is -2.47. The Hall–Kier alpha value is -3.95. The molecule has 0 saturated carbocycles. The van der Waals surface area contributed by atoms with Gasteiger partial charge in [0.15, 0.2) is 0 Å². The van der Waals surface area contributed by atoms with Crippen molar-refractivity contribution in [3.05, 3.63) is 54.1 Å². The van der Waals surface area contributed by atoms with E-state index in [4.69, 9.17) is 15.2 Å². The molecule has 2 aromatic rings. The number of unbranched alkanes of at least 4 members (excludes halogenated alkanes) is 1. The summed E-state index contributed by atoms with van der Waals surface area (Å²) in [5, 5.41) is 6.49. The van der Waals surface area contributed by atoms with E-state index in [1.165, 1.54) is 5.56 Å². The van der Waals surface area contributed by atoms with Crippen molar-refractivity contribution in [2.24, 2.45) is 5.92 Å². The second kappa shape index (κ2) is 18.0. The van der Waals surface area contributed by atoms with Crippen molar-refractivity contribution in [3.63, 3.8) is 0 Å². The average Bonchev–Trinajstić information content (AvgIpc) is 3.01. The third-order valence-electron chi connectivity index (χ3n) is 8.13. The number of anilines is 3. The molecule has 0 radical (unpaired) electrons. The van der Waals surface area contributed by atoms with Gasteiger partial charge in [-0.25, -0.2) is 9.59 Å². The second-order valence-electron chi connectivity index (χ2n) is 14.9. The number of para-hydroxylation sites is 3. The minimum atomic E-state index is -0.493. The van der Waals surface area contributed by atoms with Crippen LogP contribution >= 0.6 is 0 Å². The number of carbonyl (C=O) groups excluding carboxylic acids is 3. The molecule has 2 heterocycles. The third-order valence-corrected chi connectivity index (χ3v) is 8.13. The Kier molecular flexibility index (Phi) is 14.4. The van der Waals surface area contributed by atoms with Gasteiger partial charge in [0.1, 0.15) is 11.2 Å². The fourth-order valence-corrected chi connectivity index (χ4v) is 5.83. The Morgan fingerprint density at radius 2 is 1.38 bits per heavy atom. The van der Waals surface area contributed by atoms with E-state index in [0.717, 1.165) is 75.1 Å². The fourth-order valence-electron chi connectivity index (χ4n) is 5.83. The maximum atomic E-state index is 12.3. The summed E-state index contributed by atoms with van der Waals surface area (Å²) in [6.45, 7) is 16.2. The standard InChI is InChI=1S/C21H33N3O3.C17H26N2O2/c1-5-6-13-19(25)23-18-12-8-7-11-17(18)22-16-10-9-14-24(15-16)20(26)27-21(2,3)4;1-17(2,3)21-16(20)19-10-6-7-13(12-19)11-14-8-4-5-9-15(14)18/h7-8,11-12,16,22H,5-6,9-10,13-15H2,1-4H3,(H,23,25);4-5,8-9,13H,6-7,10-12,18H2,1-3H3/t;13-/m.0/s1. The second-order valence-corrected chi connectivity index (χ2v) is 14.9. The average molecular weight is 666 g/mol. The Labute approximate surface area is 288 Å². The van der Waals surface area contributed by atoms with Gasteiger partial charge in [-0.05, 0) is 110 Å². The first-order chi connectivity index (χ1) is 22.6. The van der Waals surface area contributed by atoms with E-state index >= 15 is 0 Å². The Bertz CT molecular complexity index is 1340. The monoisotopic (exact) mass is 665 g/mol. The zero-order valence-corrected chi connectivity index (χ0v) is 30.3. The van der Waals surface area contributed by atoms with E-state index in [-0.39, 0.29) is 24.1 Å². The number of nitrogen functional groups attached to an aromatic ring is 1. The van der Waals surface area contributed by atoms with Crippen molar-refractivity contribution in [1.82, 2.24) is 9.80 Å². The van der Waals surface area contributed by atoms with Crippen LogP contribution in [0.5, 0.6) is 0 Å². The number of nitrogens with zero attached hydrogens (tertiary/aromatic N) is 2. The molecule has 0 aromatic heterocycles. The zero-order chi connectivity index (χ0) is 35.3. The highest BCUT2D eigenvalue weighted by Crippen LogP contribution is 2.26. The van der Waals surface area contributed by atoms with Crippen LogP contribution < -0.4 is 16.4 Å². The number of nitrogens with one attached hydrogen (secondary N) is 2. The largest absolute Gasteiger partial charge is 0.444 e. The first-order valence-corrected chi connectivity index (χ1v) is 17.6. The van der Waals surface area contributed by atoms with Crippen LogP contribution in [0, 0.1) is 5.92 Å². The van der Waals surface area contributed by atoms with Crippen LogP contribution in [0.4, 0.5) is 26.7 Å². The van der Waals surface area contributed by atoms with Gasteiger partial charge in [0, 0.05) is 44.3 Å². The number of carbonyl (C=O) groups is 3. The molecule has 1 unspecified atom stereocenters. The maximum absolute atomic E-state index is 12.3. The summed E-state index contributed by atoms with van der Waals surface area (Å²) >= 11 is 0. The molecule has 2 fully saturated rings. The Morgan fingerprint density at radius 1 is 0.812 bits per heavy atom. The minimum Gasteiger partial charge on any atom is -0.444 e. The number of piperidine rings is 2. The van der Waals surface area contributed by atoms with Crippen molar-refractivity contribution in [1.29, 1.82) is 0 Å². The number of benzene rings is 2. The molecule has 4 N–H and O–H groups in total. The van der Waals surface area contributed by atoms with Crippen molar-refractivity contribution >= 4 is 35.2 Å². The quantitative estimate of drug-likeness (QED) is 0.243. The smallest absolute Gasteiger partial charge is 0.410 e. The fraction of sp³-hybridized carbons (Fsp3) is 0.605. The van der Waals surface area contributed by atoms with E-state index in [9.17, 15) is 14.4 Å². The van der Waals surface area contributed by atoms with Gasteiger partial charge in [0.25, 0.3) is 0 Å². The number of nitrogens with two attached hydrogens (primary N) is 1. The van der Waals surface area contributed by atoms with Gasteiger partial charge in [-0.3, -0.25) is 4.79 Å². The van der Waals surface area contributed by atoms with Gasteiger partial charge in [-0.1, -0.05) is 43.7 Å². The molecule has 0 spiro atoms. The topological polar surface area (TPSA) is 126 Å². The molecule has 0 bridgehead atoms. The van der Waals surface area contributed by atoms with Crippen LogP contribution in [0.3, 0.4) is 0 Å². The summed E-state index contributed by atoms with van der Waals surface area (Å²) in [6, 6.07) is 15.8. The number of amides is 3. The number of ether oxygens (including phenoxy) is 2. The van der Waals surface area contributed by atoms with Crippen LogP contribution in [-0.2, 0) is 20.7 Å². The van der Waals surface area contributed by atoms with E-state index < -0.39 is 11.2 Å². The molecule has 2 saturated heterocycles. The summed E-state index contributed by atoms with van der Waals surface area (Å²) in [5.74, 6) is 0.487.